The van der Waals surface area contributed by atoms with E-state index in [4.69, 9.17) is 0 Å². The third-order valence-corrected chi connectivity index (χ3v) is 4.66. The predicted octanol–water partition coefficient (Wildman–Crippen LogP) is 4.23. The van der Waals surface area contributed by atoms with Crippen molar-refractivity contribution in [3.05, 3.63) is 35.9 Å². The fourth-order valence-electron chi connectivity index (χ4n) is 2.86. The minimum atomic E-state index is -0.362. The highest BCUT2D eigenvalue weighted by molar-refractivity contribution is 5.33. The number of rotatable bonds is 8. The van der Waals surface area contributed by atoms with Crippen molar-refractivity contribution < 1.29 is 0 Å². The van der Waals surface area contributed by atoms with Crippen LogP contribution < -0.4 is 0 Å². The molecule has 0 amide bonds. The Hall–Kier alpha value is -1.33. The van der Waals surface area contributed by atoms with Crippen molar-refractivity contribution in [2.24, 2.45) is 5.92 Å². The van der Waals surface area contributed by atoms with Gasteiger partial charge < -0.3 is 4.90 Å². The fraction of sp³-hybridized carbons (Fsp3) is 0.611. The molecule has 0 aromatic heterocycles. The molecule has 20 heavy (non-hydrogen) atoms. The first kappa shape index (κ1) is 16.7. The molecule has 0 unspecified atom stereocenters. The molecule has 0 aliphatic carbocycles. The summed E-state index contributed by atoms with van der Waals surface area (Å²) in [5, 5.41) is 9.92. The van der Waals surface area contributed by atoms with Crippen molar-refractivity contribution in [3.63, 3.8) is 0 Å². The molecule has 0 saturated carbocycles. The molecular formula is C18H28N2. The molecule has 0 saturated heterocycles. The van der Waals surface area contributed by atoms with Crippen molar-refractivity contribution >= 4 is 0 Å². The number of benzene rings is 1. The molecule has 0 bridgehead atoms. The highest BCUT2D eigenvalue weighted by Crippen LogP contribution is 2.37. The van der Waals surface area contributed by atoms with E-state index in [-0.39, 0.29) is 5.41 Å². The number of nitrogens with zero attached hydrogens (tertiary/aromatic N) is 2. The average molecular weight is 272 g/mol. The zero-order valence-corrected chi connectivity index (χ0v) is 13.4. The third-order valence-electron chi connectivity index (χ3n) is 4.66. The van der Waals surface area contributed by atoms with Crippen LogP contribution in [0.1, 0.15) is 46.1 Å². The Labute approximate surface area is 124 Å². The Morgan fingerprint density at radius 1 is 1.15 bits per heavy atom. The highest BCUT2D eigenvalue weighted by atomic mass is 15.1. The quantitative estimate of drug-likeness (QED) is 0.708. The van der Waals surface area contributed by atoms with Gasteiger partial charge in [0.1, 0.15) is 0 Å². The largest absolute Gasteiger partial charge is 0.304 e. The molecule has 1 aromatic carbocycles. The third kappa shape index (κ3) is 3.61. The summed E-state index contributed by atoms with van der Waals surface area (Å²) in [6.07, 6.45) is 1.94. The van der Waals surface area contributed by atoms with Gasteiger partial charge in [-0.15, -0.1) is 0 Å². The van der Waals surface area contributed by atoms with E-state index in [1.165, 1.54) is 5.56 Å². The Bertz CT molecular complexity index is 417. The molecule has 0 spiro atoms. The van der Waals surface area contributed by atoms with Crippen LogP contribution in [0.25, 0.3) is 0 Å². The van der Waals surface area contributed by atoms with E-state index in [1.807, 2.05) is 18.2 Å². The first-order chi connectivity index (χ1) is 9.64. The lowest BCUT2D eigenvalue weighted by atomic mass is 9.68. The topological polar surface area (TPSA) is 27.0 Å². The summed E-state index contributed by atoms with van der Waals surface area (Å²) in [6, 6.07) is 13.0. The summed E-state index contributed by atoms with van der Waals surface area (Å²) in [4.78, 5) is 2.40. The summed E-state index contributed by atoms with van der Waals surface area (Å²) in [5.74, 6) is 0.366. The van der Waals surface area contributed by atoms with E-state index >= 15 is 0 Å². The van der Waals surface area contributed by atoms with Gasteiger partial charge in [0.2, 0.25) is 0 Å². The summed E-state index contributed by atoms with van der Waals surface area (Å²) in [5.41, 5.74) is 0.808. The fourth-order valence-corrected chi connectivity index (χ4v) is 2.86. The predicted molar refractivity (Wildman–Crippen MR) is 85.6 cm³/mol. The van der Waals surface area contributed by atoms with E-state index in [1.54, 1.807) is 0 Å². The second kappa shape index (κ2) is 8.07. The molecule has 2 heteroatoms. The first-order valence-electron chi connectivity index (χ1n) is 7.83. The van der Waals surface area contributed by atoms with E-state index < -0.39 is 0 Å². The van der Waals surface area contributed by atoms with Gasteiger partial charge >= 0.3 is 0 Å². The van der Waals surface area contributed by atoms with Crippen LogP contribution in [0, 0.1) is 17.2 Å². The molecule has 1 rings (SSSR count). The van der Waals surface area contributed by atoms with Crippen molar-refractivity contribution in [1.29, 1.82) is 5.26 Å². The molecule has 0 fully saturated rings. The van der Waals surface area contributed by atoms with Gasteiger partial charge in [-0.05, 0) is 37.5 Å². The molecule has 110 valence electrons. The van der Waals surface area contributed by atoms with Gasteiger partial charge in [0, 0.05) is 0 Å². The van der Waals surface area contributed by atoms with Crippen molar-refractivity contribution in [2.45, 2.75) is 46.0 Å². The van der Waals surface area contributed by atoms with Crippen LogP contribution in [-0.2, 0) is 5.41 Å². The molecule has 0 aliphatic heterocycles. The van der Waals surface area contributed by atoms with Gasteiger partial charge in [-0.2, -0.15) is 5.26 Å². The molecule has 2 nitrogen and oxygen atoms in total. The van der Waals surface area contributed by atoms with E-state index in [0.717, 1.165) is 32.5 Å². The van der Waals surface area contributed by atoms with Crippen LogP contribution in [0.2, 0.25) is 0 Å². The summed E-state index contributed by atoms with van der Waals surface area (Å²) >= 11 is 0. The number of nitriles is 1. The van der Waals surface area contributed by atoms with Crippen LogP contribution in [0.3, 0.4) is 0 Å². The van der Waals surface area contributed by atoms with Gasteiger partial charge in [0.25, 0.3) is 0 Å². The maximum absolute atomic E-state index is 9.92. The second-order valence-electron chi connectivity index (χ2n) is 5.54. The van der Waals surface area contributed by atoms with E-state index in [0.29, 0.717) is 5.92 Å². The number of hydrogen-bond acceptors (Lipinski definition) is 2. The highest BCUT2D eigenvalue weighted by Gasteiger charge is 2.37. The van der Waals surface area contributed by atoms with Crippen LogP contribution in [-0.4, -0.2) is 24.5 Å². The molecule has 0 heterocycles. The lowest BCUT2D eigenvalue weighted by Gasteiger charge is -2.35. The van der Waals surface area contributed by atoms with Crippen LogP contribution in [0.4, 0.5) is 0 Å². The average Bonchev–Trinajstić information content (AvgIpc) is 2.52. The minimum absolute atomic E-state index is 0.362. The lowest BCUT2D eigenvalue weighted by Crippen LogP contribution is -2.37. The van der Waals surface area contributed by atoms with Gasteiger partial charge in [0.05, 0.1) is 11.5 Å². The Morgan fingerprint density at radius 3 is 2.20 bits per heavy atom. The standard InChI is InChI=1S/C18H28N2/c1-5-16(4)18(15-19,13-14-20(6-2)7-3)17-11-9-8-10-12-17/h8-12,16H,5-7,13-14H2,1-4H3/t16-,18-/m0/s1. The molecule has 1 aromatic rings. The Balaban J connectivity index is 3.05. The van der Waals surface area contributed by atoms with Gasteiger partial charge in [-0.25, -0.2) is 0 Å². The number of hydrogen-bond donors (Lipinski definition) is 0. The van der Waals surface area contributed by atoms with Gasteiger partial charge in [0.15, 0.2) is 0 Å². The normalized spacial score (nSPS) is 15.6. The maximum atomic E-state index is 9.92. The zero-order valence-electron chi connectivity index (χ0n) is 13.4. The smallest absolute Gasteiger partial charge is 0.0859 e. The van der Waals surface area contributed by atoms with Crippen molar-refractivity contribution in [3.8, 4) is 6.07 Å². The maximum Gasteiger partial charge on any atom is 0.0859 e. The summed E-state index contributed by atoms with van der Waals surface area (Å²) in [6.45, 7) is 11.8. The van der Waals surface area contributed by atoms with Crippen LogP contribution in [0.15, 0.2) is 30.3 Å². The van der Waals surface area contributed by atoms with Crippen LogP contribution in [0.5, 0.6) is 0 Å². The second-order valence-corrected chi connectivity index (χ2v) is 5.54. The molecular weight excluding hydrogens is 244 g/mol. The first-order valence-corrected chi connectivity index (χ1v) is 7.83. The summed E-state index contributed by atoms with van der Waals surface area (Å²) in [7, 11) is 0. The summed E-state index contributed by atoms with van der Waals surface area (Å²) < 4.78 is 0. The minimum Gasteiger partial charge on any atom is -0.304 e. The zero-order chi connectivity index (χ0) is 15.0. The molecule has 0 N–H and O–H groups in total. The lowest BCUT2D eigenvalue weighted by molar-refractivity contribution is 0.244. The molecule has 2 atom stereocenters. The molecule has 0 aliphatic rings. The Morgan fingerprint density at radius 2 is 1.75 bits per heavy atom. The van der Waals surface area contributed by atoms with E-state index in [9.17, 15) is 5.26 Å². The monoisotopic (exact) mass is 272 g/mol. The van der Waals surface area contributed by atoms with E-state index in [2.05, 4.69) is 50.8 Å². The van der Waals surface area contributed by atoms with Crippen molar-refractivity contribution in [2.75, 3.05) is 19.6 Å². The van der Waals surface area contributed by atoms with Crippen molar-refractivity contribution in [1.82, 2.24) is 4.90 Å². The van der Waals surface area contributed by atoms with Crippen LogP contribution >= 0.6 is 0 Å². The van der Waals surface area contributed by atoms with Gasteiger partial charge in [-0.3, -0.25) is 0 Å². The van der Waals surface area contributed by atoms with Gasteiger partial charge in [-0.1, -0.05) is 64.4 Å². The Kier molecular flexibility index (Phi) is 6.75. The SMILES string of the molecule is CC[C@H](C)[C@@](C#N)(CCN(CC)CC)c1ccccc1. The molecule has 0 radical (unpaired) electrons.